The summed E-state index contributed by atoms with van der Waals surface area (Å²) in [6.07, 6.45) is 3.89. The van der Waals surface area contributed by atoms with Crippen LogP contribution in [0.3, 0.4) is 0 Å². The molecule has 2 fully saturated rings. The molecule has 86 valence electrons. The highest BCUT2D eigenvalue weighted by atomic mass is 16.5. The molecule has 15 heavy (non-hydrogen) atoms. The van der Waals surface area contributed by atoms with Crippen LogP contribution in [-0.2, 0) is 9.53 Å². The molecule has 1 amide bonds. The molecule has 1 heterocycles. The third kappa shape index (κ3) is 2.49. The van der Waals surface area contributed by atoms with Crippen LogP contribution < -0.4 is 0 Å². The number of amides is 1. The first kappa shape index (κ1) is 10.9. The van der Waals surface area contributed by atoms with E-state index >= 15 is 0 Å². The minimum atomic E-state index is -0.257. The molecular weight excluding hydrogens is 194 g/mol. The second kappa shape index (κ2) is 4.49. The molecule has 0 aromatic rings. The van der Waals surface area contributed by atoms with Gasteiger partial charge in [0.2, 0.25) is 0 Å². The smallest absolute Gasteiger partial charge is 0.252 e. The first-order valence-electron chi connectivity index (χ1n) is 5.79. The van der Waals surface area contributed by atoms with Gasteiger partial charge in [0.05, 0.1) is 12.7 Å². The van der Waals surface area contributed by atoms with Crippen molar-refractivity contribution in [3.05, 3.63) is 0 Å². The van der Waals surface area contributed by atoms with Gasteiger partial charge in [0.15, 0.2) is 0 Å². The van der Waals surface area contributed by atoms with E-state index in [1.165, 1.54) is 0 Å². The number of hydrogen-bond donors (Lipinski definition) is 1. The maximum absolute atomic E-state index is 12.1. The lowest BCUT2D eigenvalue weighted by atomic mass is 10.2. The molecule has 2 aliphatic rings. The van der Waals surface area contributed by atoms with Crippen LogP contribution in [0.4, 0.5) is 0 Å². The monoisotopic (exact) mass is 213 g/mol. The largest absolute Gasteiger partial charge is 0.395 e. The summed E-state index contributed by atoms with van der Waals surface area (Å²) in [5.41, 5.74) is 0. The Hall–Kier alpha value is -0.610. The SMILES string of the molecule is CC1CCC(C(=O)N(CCO)C2CC2)O1. The molecule has 4 heteroatoms. The molecule has 2 rings (SSSR count). The molecule has 4 nitrogen and oxygen atoms in total. The highest BCUT2D eigenvalue weighted by Gasteiger charge is 2.38. The summed E-state index contributed by atoms with van der Waals surface area (Å²) < 4.78 is 5.56. The normalized spacial score (nSPS) is 30.5. The number of aliphatic hydroxyl groups is 1. The van der Waals surface area contributed by atoms with Crippen LogP contribution in [0.25, 0.3) is 0 Å². The third-order valence-corrected chi connectivity index (χ3v) is 3.12. The van der Waals surface area contributed by atoms with Crippen molar-refractivity contribution in [2.24, 2.45) is 0 Å². The molecule has 1 saturated heterocycles. The Bertz CT molecular complexity index is 240. The average Bonchev–Trinajstić information content (AvgIpc) is 2.96. The fraction of sp³-hybridized carbons (Fsp3) is 0.909. The molecule has 1 N–H and O–H groups in total. The highest BCUT2D eigenvalue weighted by Crippen LogP contribution is 2.29. The van der Waals surface area contributed by atoms with Gasteiger partial charge in [-0.1, -0.05) is 0 Å². The zero-order chi connectivity index (χ0) is 10.8. The van der Waals surface area contributed by atoms with Crippen molar-refractivity contribution in [1.82, 2.24) is 4.90 Å². The van der Waals surface area contributed by atoms with E-state index in [-0.39, 0.29) is 24.7 Å². The summed E-state index contributed by atoms with van der Waals surface area (Å²) in [7, 11) is 0. The minimum Gasteiger partial charge on any atom is -0.395 e. The highest BCUT2D eigenvalue weighted by molar-refractivity contribution is 5.81. The van der Waals surface area contributed by atoms with Crippen LogP contribution in [0, 0.1) is 0 Å². The maximum Gasteiger partial charge on any atom is 0.252 e. The van der Waals surface area contributed by atoms with Gasteiger partial charge >= 0.3 is 0 Å². The summed E-state index contributed by atoms with van der Waals surface area (Å²) in [5, 5.41) is 8.92. The molecule has 0 spiro atoms. The molecule has 1 aliphatic carbocycles. The van der Waals surface area contributed by atoms with Gasteiger partial charge in [0.1, 0.15) is 6.10 Å². The van der Waals surface area contributed by atoms with Crippen LogP contribution in [0.5, 0.6) is 0 Å². The van der Waals surface area contributed by atoms with Crippen molar-refractivity contribution < 1.29 is 14.6 Å². The van der Waals surface area contributed by atoms with Crippen LogP contribution in [0.2, 0.25) is 0 Å². The van der Waals surface area contributed by atoms with Gasteiger partial charge in [0, 0.05) is 12.6 Å². The maximum atomic E-state index is 12.1. The van der Waals surface area contributed by atoms with Gasteiger partial charge in [0.25, 0.3) is 5.91 Å². The first-order chi connectivity index (χ1) is 7.22. The Morgan fingerprint density at radius 2 is 2.13 bits per heavy atom. The van der Waals surface area contributed by atoms with Crippen molar-refractivity contribution in [2.75, 3.05) is 13.2 Å². The lowest BCUT2D eigenvalue weighted by Gasteiger charge is -2.24. The average molecular weight is 213 g/mol. The number of ether oxygens (including phenoxy) is 1. The van der Waals surface area contributed by atoms with E-state index in [1.54, 1.807) is 4.90 Å². The van der Waals surface area contributed by atoms with E-state index in [9.17, 15) is 4.79 Å². The van der Waals surface area contributed by atoms with E-state index in [1.807, 2.05) is 6.92 Å². The number of carbonyl (C=O) groups is 1. The second-order valence-electron chi connectivity index (χ2n) is 4.50. The van der Waals surface area contributed by atoms with Crippen LogP contribution in [0.1, 0.15) is 32.6 Å². The van der Waals surface area contributed by atoms with Crippen molar-refractivity contribution in [3.8, 4) is 0 Å². The van der Waals surface area contributed by atoms with Crippen molar-refractivity contribution in [3.63, 3.8) is 0 Å². The predicted molar refractivity (Wildman–Crippen MR) is 55.4 cm³/mol. The lowest BCUT2D eigenvalue weighted by molar-refractivity contribution is -0.143. The zero-order valence-corrected chi connectivity index (χ0v) is 9.19. The third-order valence-electron chi connectivity index (χ3n) is 3.12. The van der Waals surface area contributed by atoms with Gasteiger partial charge in [-0.2, -0.15) is 0 Å². The summed E-state index contributed by atoms with van der Waals surface area (Å²) in [4.78, 5) is 13.8. The molecule has 0 bridgehead atoms. The number of rotatable bonds is 4. The number of aliphatic hydroxyl groups excluding tert-OH is 1. The fourth-order valence-electron chi connectivity index (χ4n) is 2.14. The fourth-order valence-corrected chi connectivity index (χ4v) is 2.14. The molecule has 1 saturated carbocycles. The van der Waals surface area contributed by atoms with E-state index in [2.05, 4.69) is 0 Å². The summed E-state index contributed by atoms with van der Waals surface area (Å²) in [6.45, 7) is 2.50. The standard InChI is InChI=1S/C11H19NO3/c1-8-2-5-10(15-8)11(14)12(6-7-13)9-3-4-9/h8-10,13H,2-7H2,1H3. The summed E-state index contributed by atoms with van der Waals surface area (Å²) >= 11 is 0. The number of nitrogens with zero attached hydrogens (tertiary/aromatic N) is 1. The Balaban J connectivity index is 1.91. The van der Waals surface area contributed by atoms with E-state index in [4.69, 9.17) is 9.84 Å². The molecule has 0 aromatic carbocycles. The Morgan fingerprint density at radius 1 is 1.40 bits per heavy atom. The molecule has 0 radical (unpaired) electrons. The van der Waals surface area contributed by atoms with Crippen molar-refractivity contribution in [1.29, 1.82) is 0 Å². The molecule has 2 atom stereocenters. The number of carbonyl (C=O) groups excluding carboxylic acids is 1. The van der Waals surface area contributed by atoms with Crippen LogP contribution in [0.15, 0.2) is 0 Å². The number of hydrogen-bond acceptors (Lipinski definition) is 3. The van der Waals surface area contributed by atoms with E-state index < -0.39 is 0 Å². The van der Waals surface area contributed by atoms with Crippen molar-refractivity contribution >= 4 is 5.91 Å². The minimum absolute atomic E-state index is 0.0461. The van der Waals surface area contributed by atoms with Gasteiger partial charge in [-0.15, -0.1) is 0 Å². The van der Waals surface area contributed by atoms with E-state index in [0.29, 0.717) is 12.6 Å². The van der Waals surface area contributed by atoms with Crippen LogP contribution >= 0.6 is 0 Å². The second-order valence-corrected chi connectivity index (χ2v) is 4.50. The summed E-state index contributed by atoms with van der Waals surface area (Å²) in [6, 6.07) is 0.365. The zero-order valence-electron chi connectivity index (χ0n) is 9.19. The predicted octanol–water partition coefficient (Wildman–Crippen LogP) is 0.537. The molecule has 0 aromatic heterocycles. The molecule has 1 aliphatic heterocycles. The van der Waals surface area contributed by atoms with Gasteiger partial charge in [-0.25, -0.2) is 0 Å². The van der Waals surface area contributed by atoms with Gasteiger partial charge < -0.3 is 14.7 Å². The Morgan fingerprint density at radius 3 is 2.60 bits per heavy atom. The van der Waals surface area contributed by atoms with E-state index in [0.717, 1.165) is 25.7 Å². The Labute approximate surface area is 90.2 Å². The molecule has 2 unspecified atom stereocenters. The lowest BCUT2D eigenvalue weighted by Crippen LogP contribution is -2.42. The van der Waals surface area contributed by atoms with Crippen LogP contribution in [-0.4, -0.2) is 47.3 Å². The summed E-state index contributed by atoms with van der Waals surface area (Å²) in [5.74, 6) is 0.0795. The quantitative estimate of drug-likeness (QED) is 0.741. The Kier molecular flexibility index (Phi) is 3.26. The topological polar surface area (TPSA) is 49.8 Å². The van der Waals surface area contributed by atoms with Gasteiger partial charge in [-0.3, -0.25) is 4.79 Å². The van der Waals surface area contributed by atoms with Crippen molar-refractivity contribution in [2.45, 2.75) is 50.9 Å². The van der Waals surface area contributed by atoms with Gasteiger partial charge in [-0.05, 0) is 32.6 Å². The first-order valence-corrected chi connectivity index (χ1v) is 5.79. The molecular formula is C11H19NO3.